The van der Waals surface area contributed by atoms with Crippen molar-refractivity contribution in [3.63, 3.8) is 0 Å². The van der Waals surface area contributed by atoms with Crippen LogP contribution in [-0.4, -0.2) is 51.4 Å². The van der Waals surface area contributed by atoms with Crippen molar-refractivity contribution in [2.45, 2.75) is 27.4 Å². The number of ether oxygens (including phenoxy) is 2. The fourth-order valence-electron chi connectivity index (χ4n) is 6.25. The summed E-state index contributed by atoms with van der Waals surface area (Å²) in [5.41, 5.74) is 1.31. The highest BCUT2D eigenvalue weighted by molar-refractivity contribution is 6.67. The molecule has 2 aromatic rings. The quantitative estimate of drug-likeness (QED) is 0.167. The molecule has 4 aliphatic rings. The summed E-state index contributed by atoms with van der Waals surface area (Å²) in [5.74, 6) is -4.57. The first kappa shape index (κ1) is 29.9. The van der Waals surface area contributed by atoms with Gasteiger partial charge in [0.15, 0.2) is 4.33 Å². The maximum Gasteiger partial charge on any atom is 0.316 e. The Morgan fingerprint density at radius 3 is 1.95 bits per heavy atom. The molecule has 220 valence electrons. The van der Waals surface area contributed by atoms with Crippen LogP contribution in [0.5, 0.6) is 11.5 Å². The van der Waals surface area contributed by atoms with Crippen molar-refractivity contribution in [2.24, 2.45) is 17.8 Å². The second-order valence-electron chi connectivity index (χ2n) is 10.6. The number of aryl methyl sites for hydroxylation is 1. The van der Waals surface area contributed by atoms with Gasteiger partial charge in [-0.3, -0.25) is 19.2 Å². The molecule has 6 rings (SSSR count). The van der Waals surface area contributed by atoms with Gasteiger partial charge in [-0.05, 0) is 55.0 Å². The van der Waals surface area contributed by atoms with Gasteiger partial charge in [-0.1, -0.05) is 46.4 Å². The predicted octanol–water partition coefficient (Wildman–Crippen LogP) is 5.91. The van der Waals surface area contributed by atoms with E-state index in [4.69, 9.17) is 79.1 Å². The van der Waals surface area contributed by atoms with Gasteiger partial charge in [0.1, 0.15) is 21.2 Å². The van der Waals surface area contributed by atoms with Crippen LogP contribution < -0.4 is 19.3 Å². The maximum atomic E-state index is 13.7. The van der Waals surface area contributed by atoms with Gasteiger partial charge in [0.2, 0.25) is 17.7 Å². The lowest BCUT2D eigenvalue weighted by Gasteiger charge is -2.34. The molecule has 0 spiro atoms. The van der Waals surface area contributed by atoms with E-state index < -0.39 is 49.6 Å². The number of nitrogens with zero attached hydrogens (tertiary/aromatic N) is 2. The number of imide groups is 1. The van der Waals surface area contributed by atoms with E-state index >= 15 is 0 Å². The zero-order valence-electron chi connectivity index (χ0n) is 21.8. The van der Waals surface area contributed by atoms with Crippen LogP contribution in [0.4, 0.5) is 11.4 Å². The fraction of sp³-hybridized carbons (Fsp3) is 0.357. The number of allylic oxidation sites excluding steroid dienone is 2. The number of esters is 1. The number of methoxy groups -OCH3 is 1. The highest BCUT2D eigenvalue weighted by atomic mass is 35.5. The number of amides is 3. The molecule has 3 amide bonds. The van der Waals surface area contributed by atoms with Crippen molar-refractivity contribution in [3.8, 4) is 11.5 Å². The van der Waals surface area contributed by atoms with E-state index in [1.54, 1.807) is 38.3 Å². The van der Waals surface area contributed by atoms with Crippen LogP contribution in [0.15, 0.2) is 52.5 Å². The van der Waals surface area contributed by atoms with E-state index in [9.17, 15) is 19.2 Å². The largest absolute Gasteiger partial charge is 0.497 e. The van der Waals surface area contributed by atoms with E-state index in [2.05, 4.69) is 0 Å². The predicted molar refractivity (Wildman–Crippen MR) is 160 cm³/mol. The minimum absolute atomic E-state index is 0.0103. The Morgan fingerprint density at radius 1 is 0.881 bits per heavy atom. The smallest absolute Gasteiger partial charge is 0.316 e. The summed E-state index contributed by atoms with van der Waals surface area (Å²) in [6, 6.07) is 11.4. The number of carbonyl (C=O) groups is 4. The summed E-state index contributed by atoms with van der Waals surface area (Å²) in [7, 11) is 1.55. The third kappa shape index (κ3) is 3.75. The number of carbonyl (C=O) groups excluding carboxylic acids is 4. The maximum absolute atomic E-state index is 13.7. The van der Waals surface area contributed by atoms with E-state index in [0.717, 1.165) is 4.90 Å². The summed E-state index contributed by atoms with van der Waals surface area (Å²) in [4.78, 5) is 51.6. The molecule has 5 atom stereocenters. The Morgan fingerprint density at radius 2 is 1.43 bits per heavy atom. The highest BCUT2D eigenvalue weighted by Crippen LogP contribution is 2.77. The first-order valence-electron chi connectivity index (χ1n) is 12.7. The van der Waals surface area contributed by atoms with Crippen LogP contribution in [0, 0.1) is 24.7 Å². The second-order valence-corrected chi connectivity index (χ2v) is 13.8. The monoisotopic (exact) mass is 690 g/mol. The summed E-state index contributed by atoms with van der Waals surface area (Å²) < 4.78 is 8.71. The molecule has 1 saturated carbocycles. The summed E-state index contributed by atoms with van der Waals surface area (Å²) in [6.07, 6.45) is -0.0103. The topological polar surface area (TPSA) is 93.2 Å². The zero-order valence-corrected chi connectivity index (χ0v) is 26.3. The molecule has 8 nitrogen and oxygen atoms in total. The second kappa shape index (κ2) is 9.91. The molecule has 2 bridgehead atoms. The van der Waals surface area contributed by atoms with Gasteiger partial charge in [-0.2, -0.15) is 0 Å². The molecule has 3 fully saturated rings. The van der Waals surface area contributed by atoms with Crippen LogP contribution in [0.25, 0.3) is 0 Å². The van der Waals surface area contributed by atoms with Gasteiger partial charge in [0, 0.05) is 18.7 Å². The number of anilines is 2. The Hall–Kier alpha value is -2.20. The molecule has 2 aliphatic carbocycles. The van der Waals surface area contributed by atoms with Crippen molar-refractivity contribution in [2.75, 3.05) is 23.5 Å². The van der Waals surface area contributed by atoms with Crippen molar-refractivity contribution in [1.82, 2.24) is 0 Å². The Kier molecular flexibility index (Phi) is 7.04. The lowest BCUT2D eigenvalue weighted by molar-refractivity contribution is -0.139. The molecule has 0 N–H and O–H groups in total. The summed E-state index contributed by atoms with van der Waals surface area (Å²) >= 11 is 39.4. The van der Waals surface area contributed by atoms with Crippen molar-refractivity contribution in [1.29, 1.82) is 0 Å². The minimum Gasteiger partial charge on any atom is -0.497 e. The number of hydrogen-bond acceptors (Lipinski definition) is 6. The van der Waals surface area contributed by atoms with Crippen molar-refractivity contribution < 1.29 is 28.7 Å². The van der Waals surface area contributed by atoms with E-state index in [-0.39, 0.29) is 40.4 Å². The Labute approximate surface area is 270 Å². The number of hydrogen-bond donors (Lipinski definition) is 0. The summed E-state index contributed by atoms with van der Waals surface area (Å²) in [5, 5.41) is -0.352. The number of rotatable bonds is 5. The van der Waals surface area contributed by atoms with Crippen LogP contribution >= 0.6 is 69.6 Å². The van der Waals surface area contributed by atoms with Crippen molar-refractivity contribution >= 4 is 105 Å². The molecule has 14 heteroatoms. The van der Waals surface area contributed by atoms with E-state index in [0.29, 0.717) is 17.0 Å². The summed E-state index contributed by atoms with van der Waals surface area (Å²) in [6.45, 7) is 1.79. The van der Waals surface area contributed by atoms with Crippen LogP contribution in [0.3, 0.4) is 0 Å². The average molecular weight is 693 g/mol. The Bertz CT molecular complexity index is 1570. The Balaban J connectivity index is 1.20. The van der Waals surface area contributed by atoms with Gasteiger partial charge >= 0.3 is 5.97 Å². The number of alkyl halides is 4. The third-order valence-electron chi connectivity index (χ3n) is 8.38. The first-order valence-corrected chi connectivity index (χ1v) is 14.9. The molecule has 2 aliphatic heterocycles. The van der Waals surface area contributed by atoms with E-state index in [1.165, 1.54) is 23.1 Å². The number of fused-ring (bicyclic) bond motifs is 5. The van der Waals surface area contributed by atoms with Crippen LogP contribution in [0.2, 0.25) is 0 Å². The van der Waals surface area contributed by atoms with Gasteiger partial charge in [0.25, 0.3) is 0 Å². The standard InChI is InChI=1S/C28H20Cl6N2O6/c1-12-9-16(42-25(40)13-10-18(37)35(11-13)14-3-5-15(41-2)6-4-14)7-8-17(12)36-23(38)19-20(24(36)39)27(32)22(30)21(29)26(19,31)28(27,33)34/h3-9,13,19-20H,10-11H2,1-2H3/t13-,19+,20+,26-,27-/m1/s1. The lowest BCUT2D eigenvalue weighted by atomic mass is 9.84. The number of benzene rings is 2. The lowest BCUT2D eigenvalue weighted by Crippen LogP contribution is -2.50. The normalized spacial score (nSPS) is 31.3. The fourth-order valence-corrected chi connectivity index (χ4v) is 9.18. The molecule has 2 saturated heterocycles. The van der Waals surface area contributed by atoms with Crippen LogP contribution in [0.1, 0.15) is 12.0 Å². The van der Waals surface area contributed by atoms with Crippen molar-refractivity contribution in [3.05, 3.63) is 58.1 Å². The minimum atomic E-state index is -2.03. The molecule has 0 aromatic heterocycles. The van der Waals surface area contributed by atoms with E-state index in [1.807, 2.05) is 0 Å². The molecule has 0 radical (unpaired) electrons. The molecule has 0 unspecified atom stereocenters. The number of halogens is 6. The molecule has 2 aromatic carbocycles. The molecule has 2 heterocycles. The van der Waals surface area contributed by atoms with Crippen LogP contribution in [-0.2, 0) is 19.2 Å². The average Bonchev–Trinajstić information content (AvgIpc) is 3.54. The highest BCUT2D eigenvalue weighted by Gasteiger charge is 2.87. The first-order chi connectivity index (χ1) is 19.7. The van der Waals surface area contributed by atoms with Gasteiger partial charge < -0.3 is 14.4 Å². The molecule has 42 heavy (non-hydrogen) atoms. The zero-order chi connectivity index (χ0) is 30.5. The SMILES string of the molecule is COc1ccc(N2C[C@H](C(=O)Oc3ccc(N4C(=O)[C@@H]5[C@@H](C4=O)[C@@]4(Cl)C(Cl)=C(Cl)[C@@]5(Cl)C4(Cl)Cl)c(C)c3)CC2=O)cc1. The van der Waals surface area contributed by atoms with Gasteiger partial charge in [0.05, 0.1) is 40.6 Å². The van der Waals surface area contributed by atoms with Gasteiger partial charge in [-0.25, -0.2) is 4.90 Å². The van der Waals surface area contributed by atoms with Gasteiger partial charge in [-0.15, -0.1) is 23.2 Å². The molecular formula is C28H20Cl6N2O6. The third-order valence-corrected chi connectivity index (χ3v) is 12.6. The molecular weight excluding hydrogens is 673 g/mol.